The Labute approximate surface area is 154 Å². The zero-order valence-corrected chi connectivity index (χ0v) is 15.1. The van der Waals surface area contributed by atoms with Gasteiger partial charge in [0.15, 0.2) is 0 Å². The van der Waals surface area contributed by atoms with Crippen LogP contribution in [-0.2, 0) is 4.79 Å². The fourth-order valence-electron chi connectivity index (χ4n) is 3.64. The number of nitrogens with zero attached hydrogens (tertiary/aromatic N) is 5. The predicted molar refractivity (Wildman–Crippen MR) is 97.2 cm³/mol. The Morgan fingerprint density at radius 2 is 2.12 bits per heavy atom. The van der Waals surface area contributed by atoms with E-state index in [1.165, 1.54) is 0 Å². The molecular weight excluding hydrogens is 328 g/mol. The summed E-state index contributed by atoms with van der Waals surface area (Å²) < 4.78 is 0. The van der Waals surface area contributed by atoms with Crippen molar-refractivity contribution >= 4 is 11.7 Å². The van der Waals surface area contributed by atoms with Crippen molar-refractivity contribution in [2.45, 2.75) is 44.2 Å². The Morgan fingerprint density at radius 1 is 1.35 bits per heavy atom. The van der Waals surface area contributed by atoms with Crippen LogP contribution in [0.25, 0.3) is 0 Å². The van der Waals surface area contributed by atoms with E-state index < -0.39 is 0 Å². The number of nitrogens with one attached hydrogen (secondary N) is 1. The van der Waals surface area contributed by atoms with Crippen molar-refractivity contribution < 1.29 is 4.79 Å². The van der Waals surface area contributed by atoms with Crippen LogP contribution in [0.4, 0.5) is 5.82 Å². The van der Waals surface area contributed by atoms with Crippen LogP contribution >= 0.6 is 0 Å². The first-order valence-corrected chi connectivity index (χ1v) is 9.10. The summed E-state index contributed by atoms with van der Waals surface area (Å²) in [6.07, 6.45) is 5.11. The molecule has 2 aliphatic rings. The highest BCUT2D eigenvalue weighted by molar-refractivity contribution is 5.79. The van der Waals surface area contributed by atoms with Gasteiger partial charge in [0.05, 0.1) is 18.2 Å². The van der Waals surface area contributed by atoms with Crippen molar-refractivity contribution in [1.82, 2.24) is 15.2 Å². The molecule has 0 radical (unpaired) electrons. The highest BCUT2D eigenvalue weighted by atomic mass is 16.2. The summed E-state index contributed by atoms with van der Waals surface area (Å²) in [6, 6.07) is 7.71. The predicted octanol–water partition coefficient (Wildman–Crippen LogP) is 1.42. The summed E-state index contributed by atoms with van der Waals surface area (Å²) in [5.41, 5.74) is 0.467. The van der Waals surface area contributed by atoms with Gasteiger partial charge in [0.25, 0.3) is 0 Å². The van der Waals surface area contributed by atoms with Crippen LogP contribution in [0.15, 0.2) is 18.3 Å². The van der Waals surface area contributed by atoms with Gasteiger partial charge in [-0.05, 0) is 44.7 Å². The molecule has 1 N–H and O–H groups in total. The average molecular weight is 352 g/mol. The number of pyridine rings is 1. The van der Waals surface area contributed by atoms with Crippen LogP contribution in [0.3, 0.4) is 0 Å². The molecule has 1 unspecified atom stereocenters. The smallest absolute Gasteiger partial charge is 0.237 e. The summed E-state index contributed by atoms with van der Waals surface area (Å²) in [4.78, 5) is 20.7. The Balaban J connectivity index is 1.50. The van der Waals surface area contributed by atoms with Gasteiger partial charge in [-0.15, -0.1) is 0 Å². The molecule has 3 heterocycles. The molecule has 2 fully saturated rings. The number of anilines is 1. The zero-order valence-electron chi connectivity index (χ0n) is 15.1. The quantitative estimate of drug-likeness (QED) is 0.880. The molecule has 0 aromatic carbocycles. The van der Waals surface area contributed by atoms with E-state index >= 15 is 0 Å². The molecule has 2 aliphatic heterocycles. The van der Waals surface area contributed by atoms with Gasteiger partial charge in [-0.1, -0.05) is 0 Å². The van der Waals surface area contributed by atoms with Crippen molar-refractivity contribution in [3.63, 3.8) is 0 Å². The minimum absolute atomic E-state index is 0.0199. The molecule has 0 bridgehead atoms. The monoisotopic (exact) mass is 352 g/mol. The van der Waals surface area contributed by atoms with Gasteiger partial charge in [0, 0.05) is 31.4 Å². The molecule has 136 valence electrons. The largest absolute Gasteiger partial charge is 0.356 e. The molecule has 3 rings (SSSR count). The molecule has 26 heavy (non-hydrogen) atoms. The summed E-state index contributed by atoms with van der Waals surface area (Å²) >= 11 is 0. The number of hydrogen-bond donors (Lipinski definition) is 1. The Hall–Kier alpha value is -2.64. The number of piperidine rings is 1. The topological polar surface area (TPSA) is 96.0 Å². The lowest BCUT2D eigenvalue weighted by atomic mass is 9.89. The first-order chi connectivity index (χ1) is 12.5. The van der Waals surface area contributed by atoms with Crippen LogP contribution in [0.5, 0.6) is 0 Å². The standard InChI is InChI=1S/C19H24N6O/c1-19(23-14-18(26)25-8-2-3-16(25)12-21)6-9-24(10-7-19)17-5-4-15(11-20)13-22-17/h4-5,13,16,23H,2-3,6-10,14H2,1H3. The number of amides is 1. The maximum atomic E-state index is 12.4. The minimum Gasteiger partial charge on any atom is -0.356 e. The van der Waals surface area contributed by atoms with Crippen molar-refractivity contribution in [2.75, 3.05) is 31.1 Å². The van der Waals surface area contributed by atoms with Crippen molar-refractivity contribution in [3.05, 3.63) is 23.9 Å². The summed E-state index contributed by atoms with van der Waals surface area (Å²) in [7, 11) is 0. The maximum Gasteiger partial charge on any atom is 0.237 e. The zero-order chi connectivity index (χ0) is 18.6. The third-order valence-electron chi connectivity index (χ3n) is 5.46. The van der Waals surface area contributed by atoms with E-state index in [-0.39, 0.29) is 24.0 Å². The number of carbonyl (C=O) groups excluding carboxylic acids is 1. The molecule has 1 aromatic heterocycles. The molecule has 2 saturated heterocycles. The van der Waals surface area contributed by atoms with Gasteiger partial charge in [0.2, 0.25) is 5.91 Å². The normalized spacial score (nSPS) is 21.9. The summed E-state index contributed by atoms with van der Waals surface area (Å²) in [5.74, 6) is 0.905. The Kier molecular flexibility index (Phi) is 5.39. The van der Waals surface area contributed by atoms with Crippen molar-refractivity contribution in [2.24, 2.45) is 0 Å². The van der Waals surface area contributed by atoms with Crippen LogP contribution in [0.2, 0.25) is 0 Å². The lowest BCUT2D eigenvalue weighted by Gasteiger charge is -2.40. The second-order valence-electron chi connectivity index (χ2n) is 7.29. The Bertz CT molecular complexity index is 724. The second kappa shape index (κ2) is 7.72. The summed E-state index contributed by atoms with van der Waals surface area (Å²) in [5, 5.41) is 21.4. The molecule has 0 spiro atoms. The minimum atomic E-state index is -0.263. The molecule has 1 aromatic rings. The lowest BCUT2D eigenvalue weighted by molar-refractivity contribution is -0.130. The summed E-state index contributed by atoms with van der Waals surface area (Å²) in [6.45, 7) is 4.81. The molecule has 1 atom stereocenters. The van der Waals surface area contributed by atoms with E-state index in [2.05, 4.69) is 34.3 Å². The van der Waals surface area contributed by atoms with E-state index in [0.717, 1.165) is 44.6 Å². The SMILES string of the molecule is CC1(NCC(=O)N2CCCC2C#N)CCN(c2ccc(C#N)cn2)CC1. The molecule has 1 amide bonds. The Morgan fingerprint density at radius 3 is 2.73 bits per heavy atom. The van der Waals surface area contributed by atoms with Gasteiger partial charge in [-0.2, -0.15) is 10.5 Å². The van der Waals surface area contributed by atoms with Gasteiger partial charge in [0.1, 0.15) is 17.9 Å². The first-order valence-electron chi connectivity index (χ1n) is 9.10. The fourth-order valence-corrected chi connectivity index (χ4v) is 3.64. The van der Waals surface area contributed by atoms with E-state index in [0.29, 0.717) is 12.1 Å². The third kappa shape index (κ3) is 3.95. The first kappa shape index (κ1) is 18.2. The molecule has 0 aliphatic carbocycles. The van der Waals surface area contributed by atoms with Crippen LogP contribution in [0.1, 0.15) is 38.2 Å². The van der Waals surface area contributed by atoms with Gasteiger partial charge in [-0.3, -0.25) is 4.79 Å². The molecular formula is C19H24N6O. The number of carbonyl (C=O) groups is 1. The van der Waals surface area contributed by atoms with Gasteiger partial charge in [-0.25, -0.2) is 4.98 Å². The highest BCUT2D eigenvalue weighted by Gasteiger charge is 2.33. The van der Waals surface area contributed by atoms with E-state index in [1.807, 2.05) is 6.07 Å². The third-order valence-corrected chi connectivity index (χ3v) is 5.46. The van der Waals surface area contributed by atoms with Gasteiger partial charge < -0.3 is 15.1 Å². The number of aromatic nitrogens is 1. The number of hydrogen-bond acceptors (Lipinski definition) is 6. The maximum absolute atomic E-state index is 12.4. The molecule has 0 saturated carbocycles. The van der Waals surface area contributed by atoms with E-state index in [1.54, 1.807) is 17.2 Å². The number of nitriles is 2. The van der Waals surface area contributed by atoms with E-state index in [9.17, 15) is 4.79 Å². The average Bonchev–Trinajstić information content (AvgIpc) is 3.16. The number of rotatable bonds is 4. The second-order valence-corrected chi connectivity index (χ2v) is 7.29. The molecule has 7 nitrogen and oxygen atoms in total. The van der Waals surface area contributed by atoms with Crippen LogP contribution in [-0.4, -0.2) is 53.6 Å². The van der Waals surface area contributed by atoms with Crippen molar-refractivity contribution in [3.8, 4) is 12.1 Å². The van der Waals surface area contributed by atoms with Gasteiger partial charge >= 0.3 is 0 Å². The van der Waals surface area contributed by atoms with Crippen LogP contribution in [0, 0.1) is 22.7 Å². The number of likely N-dealkylation sites (tertiary alicyclic amines) is 1. The molecule has 7 heteroatoms. The fraction of sp³-hybridized carbons (Fsp3) is 0.579. The van der Waals surface area contributed by atoms with Crippen molar-refractivity contribution in [1.29, 1.82) is 10.5 Å². The highest BCUT2D eigenvalue weighted by Crippen LogP contribution is 2.25. The van der Waals surface area contributed by atoms with Crippen LogP contribution < -0.4 is 10.2 Å². The lowest BCUT2D eigenvalue weighted by Crippen LogP contribution is -2.54. The van der Waals surface area contributed by atoms with E-state index in [4.69, 9.17) is 10.5 Å².